The van der Waals surface area contributed by atoms with Crippen LogP contribution >= 0.6 is 0 Å². The summed E-state index contributed by atoms with van der Waals surface area (Å²) in [5, 5.41) is 10.1. The lowest BCUT2D eigenvalue weighted by Crippen LogP contribution is -2.14. The maximum atomic E-state index is 10.1. The molecular formula is C13H13NO. The van der Waals surface area contributed by atoms with Gasteiger partial charge in [-0.05, 0) is 29.7 Å². The van der Waals surface area contributed by atoms with E-state index in [0.717, 1.165) is 12.1 Å². The molecule has 2 unspecified atom stereocenters. The standard InChI is InChI=1S/C13H13NO/c15-12-8-9-4-1-2-5-10(9)13(12)11-6-3-7-14-11/h1-7,12-15H,8H2. The van der Waals surface area contributed by atoms with Gasteiger partial charge < -0.3 is 10.1 Å². The number of fused-ring (bicyclic) bond motifs is 1. The highest BCUT2D eigenvalue weighted by Gasteiger charge is 2.32. The molecule has 3 rings (SSSR count). The summed E-state index contributed by atoms with van der Waals surface area (Å²) in [7, 11) is 0. The molecule has 1 aromatic carbocycles. The largest absolute Gasteiger partial charge is 0.392 e. The van der Waals surface area contributed by atoms with Gasteiger partial charge in [0.05, 0.1) is 12.0 Å². The molecule has 0 saturated carbocycles. The van der Waals surface area contributed by atoms with Crippen LogP contribution in [0.5, 0.6) is 0 Å². The number of aliphatic hydroxyl groups is 1. The van der Waals surface area contributed by atoms with Crippen LogP contribution in [0.25, 0.3) is 0 Å². The summed E-state index contributed by atoms with van der Waals surface area (Å²) in [6.07, 6.45) is 2.38. The van der Waals surface area contributed by atoms with Crippen molar-refractivity contribution >= 4 is 0 Å². The van der Waals surface area contributed by atoms with E-state index in [1.165, 1.54) is 11.1 Å². The molecule has 1 aromatic heterocycles. The Kier molecular flexibility index (Phi) is 1.89. The Bertz CT molecular complexity index is 461. The number of nitrogens with one attached hydrogen (secondary N) is 1. The SMILES string of the molecule is OC1Cc2ccccc2C1c1ccc[nH]1. The Morgan fingerprint density at radius 3 is 2.80 bits per heavy atom. The van der Waals surface area contributed by atoms with E-state index in [4.69, 9.17) is 0 Å². The second-order valence-corrected chi connectivity index (χ2v) is 4.07. The minimum Gasteiger partial charge on any atom is -0.392 e. The topological polar surface area (TPSA) is 36.0 Å². The number of aromatic nitrogens is 1. The molecular weight excluding hydrogens is 186 g/mol. The molecule has 0 aliphatic heterocycles. The van der Waals surface area contributed by atoms with Gasteiger partial charge in [0.1, 0.15) is 0 Å². The predicted octanol–water partition coefficient (Wildman–Crippen LogP) is 2.06. The van der Waals surface area contributed by atoms with Gasteiger partial charge in [0, 0.05) is 11.9 Å². The number of aromatic amines is 1. The Hall–Kier alpha value is -1.54. The molecule has 2 nitrogen and oxygen atoms in total. The van der Waals surface area contributed by atoms with Crippen LogP contribution in [0.15, 0.2) is 42.6 Å². The number of aliphatic hydroxyl groups excluding tert-OH is 1. The molecule has 0 bridgehead atoms. The molecule has 0 spiro atoms. The van der Waals surface area contributed by atoms with Crippen LogP contribution in [0.2, 0.25) is 0 Å². The Labute approximate surface area is 88.6 Å². The quantitative estimate of drug-likeness (QED) is 0.724. The van der Waals surface area contributed by atoms with E-state index < -0.39 is 0 Å². The van der Waals surface area contributed by atoms with Crippen molar-refractivity contribution in [2.75, 3.05) is 0 Å². The van der Waals surface area contributed by atoms with Crippen LogP contribution in [0.4, 0.5) is 0 Å². The molecule has 1 aliphatic carbocycles. The third-order valence-electron chi connectivity index (χ3n) is 3.16. The van der Waals surface area contributed by atoms with Gasteiger partial charge in [-0.1, -0.05) is 24.3 Å². The van der Waals surface area contributed by atoms with Crippen molar-refractivity contribution in [3.63, 3.8) is 0 Å². The molecule has 1 heterocycles. The molecule has 0 fully saturated rings. The normalized spacial score (nSPS) is 24.1. The summed E-state index contributed by atoms with van der Waals surface area (Å²) < 4.78 is 0. The average molecular weight is 199 g/mol. The summed E-state index contributed by atoms with van der Waals surface area (Å²) in [6.45, 7) is 0. The van der Waals surface area contributed by atoms with E-state index >= 15 is 0 Å². The molecule has 0 radical (unpaired) electrons. The van der Waals surface area contributed by atoms with Gasteiger partial charge in [-0.25, -0.2) is 0 Å². The van der Waals surface area contributed by atoms with E-state index in [1.54, 1.807) is 0 Å². The molecule has 2 aromatic rings. The molecule has 0 amide bonds. The Morgan fingerprint density at radius 2 is 2.00 bits per heavy atom. The zero-order valence-electron chi connectivity index (χ0n) is 8.35. The minimum atomic E-state index is -0.291. The number of hydrogen-bond donors (Lipinski definition) is 2. The van der Waals surface area contributed by atoms with Crippen molar-refractivity contribution < 1.29 is 5.11 Å². The lowest BCUT2D eigenvalue weighted by Gasteiger charge is -2.14. The van der Waals surface area contributed by atoms with Gasteiger partial charge in [-0.15, -0.1) is 0 Å². The zero-order chi connectivity index (χ0) is 10.3. The number of benzene rings is 1. The first-order valence-electron chi connectivity index (χ1n) is 5.25. The highest BCUT2D eigenvalue weighted by atomic mass is 16.3. The molecule has 1 aliphatic rings. The second-order valence-electron chi connectivity index (χ2n) is 4.07. The van der Waals surface area contributed by atoms with E-state index in [9.17, 15) is 5.11 Å². The molecule has 2 atom stereocenters. The molecule has 0 saturated heterocycles. The van der Waals surface area contributed by atoms with Crippen molar-refractivity contribution in [1.82, 2.24) is 4.98 Å². The highest BCUT2D eigenvalue weighted by Crippen LogP contribution is 2.37. The van der Waals surface area contributed by atoms with E-state index in [2.05, 4.69) is 17.1 Å². The summed E-state index contributed by atoms with van der Waals surface area (Å²) in [6, 6.07) is 12.3. The van der Waals surface area contributed by atoms with Crippen LogP contribution in [0.3, 0.4) is 0 Å². The van der Waals surface area contributed by atoms with Gasteiger partial charge in [0.25, 0.3) is 0 Å². The van der Waals surface area contributed by atoms with Gasteiger partial charge in [0.15, 0.2) is 0 Å². The van der Waals surface area contributed by atoms with Crippen molar-refractivity contribution in [3.8, 4) is 0 Å². The highest BCUT2D eigenvalue weighted by molar-refractivity contribution is 5.42. The van der Waals surface area contributed by atoms with Crippen molar-refractivity contribution in [2.45, 2.75) is 18.4 Å². The van der Waals surface area contributed by atoms with Crippen molar-refractivity contribution in [2.24, 2.45) is 0 Å². The minimum absolute atomic E-state index is 0.121. The first kappa shape index (κ1) is 8.74. The predicted molar refractivity (Wildman–Crippen MR) is 58.8 cm³/mol. The maximum absolute atomic E-state index is 10.1. The van der Waals surface area contributed by atoms with Crippen LogP contribution in [0.1, 0.15) is 22.7 Å². The maximum Gasteiger partial charge on any atom is 0.0704 e. The van der Waals surface area contributed by atoms with E-state index in [1.807, 2.05) is 30.5 Å². The fourth-order valence-electron chi connectivity index (χ4n) is 2.49. The van der Waals surface area contributed by atoms with Gasteiger partial charge in [0.2, 0.25) is 0 Å². The second kappa shape index (κ2) is 3.24. The summed E-state index contributed by atoms with van der Waals surface area (Å²) in [5.74, 6) is 0.121. The third-order valence-corrected chi connectivity index (χ3v) is 3.16. The average Bonchev–Trinajstić information content (AvgIpc) is 2.82. The van der Waals surface area contributed by atoms with Crippen LogP contribution in [0, 0.1) is 0 Å². The number of H-pyrrole nitrogens is 1. The summed E-state index contributed by atoms with van der Waals surface area (Å²) in [5.41, 5.74) is 3.63. The third kappa shape index (κ3) is 1.29. The Balaban J connectivity index is 2.10. The lowest BCUT2D eigenvalue weighted by molar-refractivity contribution is 0.168. The number of rotatable bonds is 1. The first-order valence-corrected chi connectivity index (χ1v) is 5.25. The zero-order valence-corrected chi connectivity index (χ0v) is 8.35. The van der Waals surface area contributed by atoms with Crippen LogP contribution < -0.4 is 0 Å². The Morgan fingerprint density at radius 1 is 1.13 bits per heavy atom. The van der Waals surface area contributed by atoms with Crippen molar-refractivity contribution in [3.05, 3.63) is 59.4 Å². The van der Waals surface area contributed by atoms with E-state index in [0.29, 0.717) is 0 Å². The molecule has 2 heteroatoms. The fraction of sp³-hybridized carbons (Fsp3) is 0.231. The molecule has 76 valence electrons. The summed E-state index contributed by atoms with van der Waals surface area (Å²) >= 11 is 0. The number of hydrogen-bond acceptors (Lipinski definition) is 1. The molecule has 15 heavy (non-hydrogen) atoms. The van der Waals surface area contributed by atoms with Crippen molar-refractivity contribution in [1.29, 1.82) is 0 Å². The van der Waals surface area contributed by atoms with Gasteiger partial charge in [-0.2, -0.15) is 0 Å². The van der Waals surface area contributed by atoms with Crippen LogP contribution in [-0.2, 0) is 6.42 Å². The first-order chi connectivity index (χ1) is 7.36. The van der Waals surface area contributed by atoms with Crippen LogP contribution in [-0.4, -0.2) is 16.2 Å². The monoisotopic (exact) mass is 199 g/mol. The smallest absolute Gasteiger partial charge is 0.0704 e. The van der Waals surface area contributed by atoms with Gasteiger partial charge in [-0.3, -0.25) is 0 Å². The summed E-state index contributed by atoms with van der Waals surface area (Å²) in [4.78, 5) is 3.19. The lowest BCUT2D eigenvalue weighted by atomic mass is 9.96. The van der Waals surface area contributed by atoms with E-state index in [-0.39, 0.29) is 12.0 Å². The molecule has 2 N–H and O–H groups in total. The van der Waals surface area contributed by atoms with Gasteiger partial charge >= 0.3 is 0 Å². The fourth-order valence-corrected chi connectivity index (χ4v) is 2.49.